The molecule has 1 amide bonds. The number of carbonyl (C=O) groups excluding carboxylic acids is 1. The summed E-state index contributed by atoms with van der Waals surface area (Å²) >= 11 is 0. The lowest BCUT2D eigenvalue weighted by Crippen LogP contribution is -2.48. The molecule has 1 saturated carbocycles. The van der Waals surface area contributed by atoms with Crippen molar-refractivity contribution in [3.05, 3.63) is 0 Å². The lowest BCUT2D eigenvalue weighted by molar-refractivity contribution is -0.124. The average molecular weight is 224 g/mol. The second-order valence-corrected chi connectivity index (χ2v) is 5.22. The average Bonchev–Trinajstić information content (AvgIpc) is 2.83. The largest absolute Gasteiger partial charge is 0.352 e. The van der Waals surface area contributed by atoms with Crippen LogP contribution in [0.5, 0.6) is 0 Å². The summed E-state index contributed by atoms with van der Waals surface area (Å²) in [4.78, 5) is 12.0. The van der Waals surface area contributed by atoms with Gasteiger partial charge in [-0.25, -0.2) is 0 Å². The normalized spacial score (nSPS) is 34.9. The molecule has 2 N–H and O–H groups in total. The quantitative estimate of drug-likeness (QED) is 0.768. The number of nitrogens with one attached hydrogen (secondary N) is 2. The zero-order chi connectivity index (χ0) is 11.4. The molecule has 2 unspecified atom stereocenters. The van der Waals surface area contributed by atoms with Crippen LogP contribution in [-0.4, -0.2) is 24.5 Å². The first-order valence-corrected chi connectivity index (χ1v) is 6.85. The van der Waals surface area contributed by atoms with Crippen LogP contribution in [0.15, 0.2) is 0 Å². The summed E-state index contributed by atoms with van der Waals surface area (Å²) in [6.45, 7) is 3.24. The van der Waals surface area contributed by atoms with Crippen LogP contribution in [-0.2, 0) is 4.79 Å². The highest BCUT2D eigenvalue weighted by atomic mass is 16.2. The van der Waals surface area contributed by atoms with Crippen molar-refractivity contribution >= 4 is 5.91 Å². The maximum Gasteiger partial charge on any atom is 0.237 e. The second kappa shape index (κ2) is 5.67. The zero-order valence-corrected chi connectivity index (χ0v) is 10.3. The molecule has 3 nitrogen and oxygen atoms in total. The van der Waals surface area contributed by atoms with Gasteiger partial charge in [0, 0.05) is 6.04 Å². The van der Waals surface area contributed by atoms with Crippen molar-refractivity contribution in [2.24, 2.45) is 5.92 Å². The zero-order valence-electron chi connectivity index (χ0n) is 10.3. The fourth-order valence-electron chi connectivity index (χ4n) is 3.08. The smallest absolute Gasteiger partial charge is 0.237 e. The van der Waals surface area contributed by atoms with E-state index in [9.17, 15) is 4.79 Å². The Hall–Kier alpha value is -0.570. The highest BCUT2D eigenvalue weighted by Gasteiger charge is 2.28. The molecule has 92 valence electrons. The molecular weight excluding hydrogens is 200 g/mol. The summed E-state index contributed by atoms with van der Waals surface area (Å²) in [5, 5.41) is 6.53. The maximum absolute atomic E-state index is 12.0. The summed E-state index contributed by atoms with van der Waals surface area (Å²) in [5.74, 6) is 0.946. The summed E-state index contributed by atoms with van der Waals surface area (Å²) in [6.07, 6.45) is 8.43. The molecular formula is C13H24N2O. The van der Waals surface area contributed by atoms with Crippen LogP contribution in [0.2, 0.25) is 0 Å². The van der Waals surface area contributed by atoms with E-state index in [1.165, 1.54) is 32.1 Å². The number of rotatable bonds is 3. The molecule has 0 bridgehead atoms. The van der Waals surface area contributed by atoms with Gasteiger partial charge in [-0.3, -0.25) is 4.79 Å². The fraction of sp³-hybridized carbons (Fsp3) is 0.923. The summed E-state index contributed by atoms with van der Waals surface area (Å²) in [6, 6.07) is 0.521. The molecule has 1 aliphatic heterocycles. The highest BCUT2D eigenvalue weighted by Crippen LogP contribution is 2.26. The highest BCUT2D eigenvalue weighted by molar-refractivity contribution is 5.82. The molecule has 0 radical (unpaired) electrons. The van der Waals surface area contributed by atoms with E-state index in [0.717, 1.165) is 19.4 Å². The maximum atomic E-state index is 12.0. The van der Waals surface area contributed by atoms with Gasteiger partial charge in [0.2, 0.25) is 5.91 Å². The van der Waals surface area contributed by atoms with Gasteiger partial charge in [0.25, 0.3) is 0 Å². The van der Waals surface area contributed by atoms with E-state index >= 15 is 0 Å². The van der Waals surface area contributed by atoms with E-state index in [1.54, 1.807) is 0 Å². The molecule has 3 atom stereocenters. The molecule has 0 aromatic rings. The molecule has 1 aliphatic carbocycles. The molecule has 0 spiro atoms. The minimum atomic E-state index is 0.0828. The Bertz CT molecular complexity index is 236. The van der Waals surface area contributed by atoms with Gasteiger partial charge in [0.1, 0.15) is 0 Å². The molecule has 1 heterocycles. The Morgan fingerprint density at radius 2 is 2.06 bits per heavy atom. The predicted octanol–water partition coefficient (Wildman–Crippen LogP) is 1.82. The third-order valence-electron chi connectivity index (χ3n) is 4.14. The van der Waals surface area contributed by atoms with Crippen molar-refractivity contribution in [1.82, 2.24) is 10.6 Å². The lowest BCUT2D eigenvalue weighted by Gasteiger charge is -2.32. The Labute approximate surface area is 98.4 Å². The van der Waals surface area contributed by atoms with Crippen LogP contribution < -0.4 is 10.6 Å². The van der Waals surface area contributed by atoms with E-state index in [0.29, 0.717) is 12.0 Å². The Morgan fingerprint density at radius 3 is 2.75 bits per heavy atom. The third kappa shape index (κ3) is 2.76. The number of hydrogen-bond acceptors (Lipinski definition) is 2. The van der Waals surface area contributed by atoms with Crippen LogP contribution in [0, 0.1) is 5.92 Å². The van der Waals surface area contributed by atoms with Crippen LogP contribution >= 0.6 is 0 Å². The third-order valence-corrected chi connectivity index (χ3v) is 4.14. The SMILES string of the molecule is CCC1CCCCC1NC(=O)[C@H]1CCCN1. The van der Waals surface area contributed by atoms with Crippen molar-refractivity contribution in [2.45, 2.75) is 64.0 Å². The first-order valence-electron chi connectivity index (χ1n) is 6.85. The van der Waals surface area contributed by atoms with E-state index < -0.39 is 0 Å². The van der Waals surface area contributed by atoms with Gasteiger partial charge in [0.15, 0.2) is 0 Å². The second-order valence-electron chi connectivity index (χ2n) is 5.22. The van der Waals surface area contributed by atoms with Gasteiger partial charge in [-0.05, 0) is 38.1 Å². The van der Waals surface area contributed by atoms with Crippen LogP contribution in [0.25, 0.3) is 0 Å². The molecule has 2 fully saturated rings. The van der Waals surface area contributed by atoms with Crippen molar-refractivity contribution in [1.29, 1.82) is 0 Å². The van der Waals surface area contributed by atoms with E-state index in [2.05, 4.69) is 17.6 Å². The van der Waals surface area contributed by atoms with Gasteiger partial charge in [-0.2, -0.15) is 0 Å². The fourth-order valence-corrected chi connectivity index (χ4v) is 3.08. The monoisotopic (exact) mass is 224 g/mol. The molecule has 1 saturated heterocycles. The van der Waals surface area contributed by atoms with Gasteiger partial charge in [-0.15, -0.1) is 0 Å². The first kappa shape index (κ1) is 11.9. The number of amides is 1. The van der Waals surface area contributed by atoms with Crippen LogP contribution in [0.3, 0.4) is 0 Å². The molecule has 3 heteroatoms. The lowest BCUT2D eigenvalue weighted by atomic mass is 9.83. The van der Waals surface area contributed by atoms with E-state index in [1.807, 2.05) is 0 Å². The van der Waals surface area contributed by atoms with Gasteiger partial charge < -0.3 is 10.6 Å². The number of hydrogen-bond donors (Lipinski definition) is 2. The first-order chi connectivity index (χ1) is 7.81. The summed E-state index contributed by atoms with van der Waals surface area (Å²) < 4.78 is 0. The Morgan fingerprint density at radius 1 is 1.25 bits per heavy atom. The molecule has 0 aromatic heterocycles. The van der Waals surface area contributed by atoms with Crippen molar-refractivity contribution in [2.75, 3.05) is 6.54 Å². The van der Waals surface area contributed by atoms with Crippen LogP contribution in [0.1, 0.15) is 51.9 Å². The van der Waals surface area contributed by atoms with Gasteiger partial charge >= 0.3 is 0 Å². The van der Waals surface area contributed by atoms with Gasteiger partial charge in [0.05, 0.1) is 6.04 Å². The topological polar surface area (TPSA) is 41.1 Å². The molecule has 2 rings (SSSR count). The Kier molecular flexibility index (Phi) is 4.22. The molecule has 0 aromatic carbocycles. The minimum Gasteiger partial charge on any atom is -0.352 e. The number of carbonyl (C=O) groups is 1. The Balaban J connectivity index is 1.84. The van der Waals surface area contributed by atoms with Crippen molar-refractivity contribution in [3.63, 3.8) is 0 Å². The minimum absolute atomic E-state index is 0.0828. The van der Waals surface area contributed by atoms with Crippen molar-refractivity contribution < 1.29 is 4.79 Å². The summed E-state index contributed by atoms with van der Waals surface area (Å²) in [7, 11) is 0. The van der Waals surface area contributed by atoms with E-state index in [-0.39, 0.29) is 11.9 Å². The molecule has 2 aliphatic rings. The standard InChI is InChI=1S/C13H24N2O/c1-2-10-6-3-4-7-11(10)15-13(16)12-8-5-9-14-12/h10-12,14H,2-9H2,1H3,(H,15,16)/t10?,11?,12-/m1/s1. The van der Waals surface area contributed by atoms with E-state index in [4.69, 9.17) is 0 Å². The van der Waals surface area contributed by atoms with Crippen LogP contribution in [0.4, 0.5) is 0 Å². The summed E-state index contributed by atoms with van der Waals surface area (Å²) in [5.41, 5.74) is 0. The van der Waals surface area contributed by atoms with Crippen molar-refractivity contribution in [3.8, 4) is 0 Å². The predicted molar refractivity (Wildman–Crippen MR) is 65.2 cm³/mol. The van der Waals surface area contributed by atoms with Gasteiger partial charge in [-0.1, -0.05) is 26.2 Å². The molecule has 16 heavy (non-hydrogen) atoms.